The van der Waals surface area contributed by atoms with E-state index in [0.717, 1.165) is 33.8 Å². The molecule has 0 unspecified atom stereocenters. The molecule has 4 aromatic rings. The number of aromatic nitrogens is 1. The minimum Gasteiger partial charge on any atom is -0.482 e. The van der Waals surface area contributed by atoms with Gasteiger partial charge in [-0.05, 0) is 42.3 Å². The van der Waals surface area contributed by atoms with Gasteiger partial charge in [0.05, 0.1) is 30.1 Å². The van der Waals surface area contributed by atoms with E-state index < -0.39 is 0 Å². The van der Waals surface area contributed by atoms with Gasteiger partial charge < -0.3 is 14.4 Å². The number of fused-ring (bicyclic) bond motifs is 1. The van der Waals surface area contributed by atoms with E-state index in [1.807, 2.05) is 73.0 Å². The summed E-state index contributed by atoms with van der Waals surface area (Å²) in [6, 6.07) is 23.0. The molecular formula is C28H24N2O4S. The fourth-order valence-corrected chi connectivity index (χ4v) is 4.70. The highest BCUT2D eigenvalue weighted by Gasteiger charge is 2.26. The molecule has 3 aromatic carbocycles. The zero-order valence-electron chi connectivity index (χ0n) is 19.3. The highest BCUT2D eigenvalue weighted by molar-refractivity contribution is 7.13. The largest absolute Gasteiger partial charge is 0.482 e. The van der Waals surface area contributed by atoms with Gasteiger partial charge in [-0.2, -0.15) is 0 Å². The van der Waals surface area contributed by atoms with E-state index in [0.29, 0.717) is 30.2 Å². The number of hydrogen-bond acceptors (Lipinski definition) is 6. The van der Waals surface area contributed by atoms with Gasteiger partial charge in [-0.25, -0.2) is 9.78 Å². The maximum Gasteiger partial charge on any atom is 0.338 e. The summed E-state index contributed by atoms with van der Waals surface area (Å²) in [5.74, 6) is 0.199. The summed E-state index contributed by atoms with van der Waals surface area (Å²) in [7, 11) is 0. The molecule has 2 heterocycles. The molecule has 0 saturated carbocycles. The summed E-state index contributed by atoms with van der Waals surface area (Å²) in [6.45, 7) is 2.71. The molecule has 0 fully saturated rings. The van der Waals surface area contributed by atoms with Crippen molar-refractivity contribution < 1.29 is 19.1 Å². The lowest BCUT2D eigenvalue weighted by atomic mass is 10.1. The lowest BCUT2D eigenvalue weighted by molar-refractivity contribution is -0.121. The molecule has 0 aliphatic carbocycles. The van der Waals surface area contributed by atoms with E-state index in [9.17, 15) is 9.59 Å². The summed E-state index contributed by atoms with van der Waals surface area (Å²) in [6.07, 6.45) is 0.777. The smallest absolute Gasteiger partial charge is 0.338 e. The number of hydrogen-bond donors (Lipinski definition) is 0. The lowest BCUT2D eigenvalue weighted by Gasteiger charge is -2.30. The molecule has 0 N–H and O–H groups in total. The van der Waals surface area contributed by atoms with Crippen LogP contribution in [0.4, 0.5) is 5.69 Å². The number of carbonyl (C=O) groups excluding carboxylic acids is 2. The summed E-state index contributed by atoms with van der Waals surface area (Å²) in [5.41, 5.74) is 4.95. The Hall–Kier alpha value is -3.97. The van der Waals surface area contributed by atoms with Crippen molar-refractivity contribution in [1.82, 2.24) is 4.98 Å². The van der Waals surface area contributed by atoms with Crippen molar-refractivity contribution >= 4 is 28.9 Å². The molecule has 1 aliphatic rings. The van der Waals surface area contributed by atoms with Gasteiger partial charge in [-0.15, -0.1) is 11.3 Å². The van der Waals surface area contributed by atoms with Gasteiger partial charge in [0.25, 0.3) is 5.91 Å². The van der Waals surface area contributed by atoms with Crippen molar-refractivity contribution in [3.8, 4) is 27.6 Å². The molecule has 6 nitrogen and oxygen atoms in total. The van der Waals surface area contributed by atoms with Crippen LogP contribution in [-0.4, -0.2) is 30.1 Å². The average molecular weight is 485 g/mol. The molecule has 1 aromatic heterocycles. The number of nitrogens with zero attached hydrogens (tertiary/aromatic N) is 2. The van der Waals surface area contributed by atoms with Gasteiger partial charge in [-0.3, -0.25) is 4.79 Å². The third-order valence-electron chi connectivity index (χ3n) is 5.69. The van der Waals surface area contributed by atoms with Gasteiger partial charge in [-0.1, -0.05) is 49.4 Å². The first-order valence-electron chi connectivity index (χ1n) is 11.5. The summed E-state index contributed by atoms with van der Waals surface area (Å²) in [5, 5.41) is 2.97. The van der Waals surface area contributed by atoms with E-state index in [1.54, 1.807) is 28.4 Å². The Labute approximate surface area is 207 Å². The van der Waals surface area contributed by atoms with Crippen molar-refractivity contribution in [2.75, 3.05) is 18.1 Å². The molecule has 0 spiro atoms. The summed E-state index contributed by atoms with van der Waals surface area (Å²) >= 11 is 1.59. The van der Waals surface area contributed by atoms with Crippen LogP contribution in [0.15, 0.2) is 78.2 Å². The topological polar surface area (TPSA) is 68.7 Å². The lowest BCUT2D eigenvalue weighted by Crippen LogP contribution is -2.38. The minimum atomic E-state index is -0.339. The van der Waals surface area contributed by atoms with Gasteiger partial charge in [0.2, 0.25) is 0 Å². The molecule has 1 aliphatic heterocycles. The molecule has 35 heavy (non-hydrogen) atoms. The maximum absolute atomic E-state index is 12.8. The van der Waals surface area contributed by atoms with E-state index in [2.05, 4.69) is 0 Å². The van der Waals surface area contributed by atoms with Crippen molar-refractivity contribution in [1.29, 1.82) is 0 Å². The Balaban J connectivity index is 1.39. The number of ether oxygens (including phenoxy) is 2. The number of benzene rings is 3. The van der Waals surface area contributed by atoms with Crippen LogP contribution >= 0.6 is 11.3 Å². The second-order valence-electron chi connectivity index (χ2n) is 8.19. The molecule has 0 saturated heterocycles. The van der Waals surface area contributed by atoms with E-state index >= 15 is 0 Å². The quantitative estimate of drug-likeness (QED) is 0.302. The first kappa shape index (κ1) is 22.8. The Bertz CT molecular complexity index is 1350. The first-order chi connectivity index (χ1) is 17.1. The van der Waals surface area contributed by atoms with E-state index in [1.165, 1.54) is 0 Å². The third-order valence-corrected chi connectivity index (χ3v) is 6.58. The number of esters is 1. The Morgan fingerprint density at radius 3 is 2.63 bits per heavy atom. The fourth-order valence-electron chi connectivity index (χ4n) is 3.86. The molecule has 176 valence electrons. The molecule has 0 radical (unpaired) electrons. The second-order valence-corrected chi connectivity index (χ2v) is 9.05. The molecular weight excluding hydrogens is 460 g/mol. The van der Waals surface area contributed by atoms with Crippen LogP contribution in [0.3, 0.4) is 0 Å². The van der Waals surface area contributed by atoms with Crippen molar-refractivity contribution in [2.45, 2.75) is 19.9 Å². The van der Waals surface area contributed by atoms with Crippen LogP contribution in [-0.2, 0) is 16.1 Å². The molecule has 7 heteroatoms. The minimum absolute atomic E-state index is 0.0113. The van der Waals surface area contributed by atoms with Gasteiger partial charge in [0, 0.05) is 16.5 Å². The van der Waals surface area contributed by atoms with Crippen molar-refractivity contribution in [3.63, 3.8) is 0 Å². The number of carbonyl (C=O) groups is 2. The van der Waals surface area contributed by atoms with Crippen LogP contribution in [0.1, 0.15) is 29.3 Å². The predicted molar refractivity (Wildman–Crippen MR) is 137 cm³/mol. The zero-order valence-corrected chi connectivity index (χ0v) is 20.1. The van der Waals surface area contributed by atoms with Crippen LogP contribution < -0.4 is 9.64 Å². The Morgan fingerprint density at radius 2 is 1.86 bits per heavy atom. The first-order valence-corrected chi connectivity index (χ1v) is 12.3. The standard InChI is InChI=1S/C28H24N2O4S/c1-2-14-33-28(32)21-10-8-19(9-11-21)16-30-24-15-22(12-13-25(24)34-17-26(30)31)23-18-35-27(29-23)20-6-4-3-5-7-20/h3-13,15,18H,2,14,16-17H2,1H3. The van der Waals surface area contributed by atoms with Gasteiger partial charge in [0.1, 0.15) is 10.8 Å². The maximum atomic E-state index is 12.8. The number of anilines is 1. The van der Waals surface area contributed by atoms with Crippen molar-refractivity contribution in [3.05, 3.63) is 89.3 Å². The molecule has 5 rings (SSSR count). The predicted octanol–water partition coefficient (Wildman–Crippen LogP) is 5.97. The Kier molecular flexibility index (Phi) is 6.59. The highest BCUT2D eigenvalue weighted by Crippen LogP contribution is 2.38. The van der Waals surface area contributed by atoms with Crippen molar-refractivity contribution in [2.24, 2.45) is 0 Å². The van der Waals surface area contributed by atoms with Crippen LogP contribution in [0.2, 0.25) is 0 Å². The SMILES string of the molecule is CCCOC(=O)c1ccc(CN2C(=O)COc3ccc(-c4csc(-c5ccccc5)n4)cc32)cc1. The summed E-state index contributed by atoms with van der Waals surface area (Å²) < 4.78 is 10.9. The molecule has 0 bridgehead atoms. The number of rotatable bonds is 7. The monoisotopic (exact) mass is 484 g/mol. The summed E-state index contributed by atoms with van der Waals surface area (Å²) in [4.78, 5) is 31.4. The second kappa shape index (κ2) is 10.1. The Morgan fingerprint density at radius 1 is 1.06 bits per heavy atom. The average Bonchev–Trinajstić information content (AvgIpc) is 3.40. The van der Waals surface area contributed by atoms with Gasteiger partial charge >= 0.3 is 5.97 Å². The van der Waals surface area contributed by atoms with E-state index in [-0.39, 0.29) is 18.5 Å². The van der Waals surface area contributed by atoms with Crippen LogP contribution in [0.5, 0.6) is 5.75 Å². The normalized spacial score (nSPS) is 12.7. The number of amides is 1. The van der Waals surface area contributed by atoms with Gasteiger partial charge in [0.15, 0.2) is 6.61 Å². The number of thiazole rings is 1. The van der Waals surface area contributed by atoms with E-state index in [4.69, 9.17) is 14.5 Å². The van der Waals surface area contributed by atoms with Crippen LogP contribution in [0, 0.1) is 0 Å². The fraction of sp³-hybridized carbons (Fsp3) is 0.179. The third kappa shape index (κ3) is 4.95. The highest BCUT2D eigenvalue weighted by atomic mass is 32.1. The molecule has 0 atom stereocenters. The molecule has 1 amide bonds. The zero-order chi connectivity index (χ0) is 24.2. The van der Waals surface area contributed by atoms with Crippen LogP contribution in [0.25, 0.3) is 21.8 Å².